The minimum atomic E-state index is -0.503. The molecule has 0 spiro atoms. The molecule has 1 aromatic carbocycles. The maximum absolute atomic E-state index is 13.4. The van der Waals surface area contributed by atoms with E-state index in [0.717, 1.165) is 0 Å². The van der Waals surface area contributed by atoms with Crippen LogP contribution in [0.3, 0.4) is 0 Å². The second-order valence-electron chi connectivity index (χ2n) is 4.22. The molecule has 0 radical (unpaired) electrons. The van der Waals surface area contributed by atoms with Crippen LogP contribution in [-0.4, -0.2) is 11.0 Å². The lowest BCUT2D eigenvalue weighted by Crippen LogP contribution is -2.22. The second kappa shape index (κ2) is 5.61. The molecule has 0 amide bonds. The molecule has 1 N–H and O–H groups in total. The van der Waals surface area contributed by atoms with Crippen LogP contribution in [0.2, 0.25) is 0 Å². The highest BCUT2D eigenvalue weighted by atomic mass is 127. The predicted octanol–water partition coefficient (Wildman–Crippen LogP) is 3.79. The molecule has 6 heteroatoms. The summed E-state index contributed by atoms with van der Waals surface area (Å²) in [6, 6.07) is 2.46. The SMILES string of the molecule is CC(C)C(C)Nc1cc(F)c(I)cc1[N+](=O)[O-]. The Morgan fingerprint density at radius 2 is 2.00 bits per heavy atom. The zero-order chi connectivity index (χ0) is 13.2. The number of nitrogens with zero attached hydrogens (tertiary/aromatic N) is 1. The van der Waals surface area contributed by atoms with Crippen molar-refractivity contribution in [1.82, 2.24) is 0 Å². The van der Waals surface area contributed by atoms with Crippen molar-refractivity contribution in [3.05, 3.63) is 31.6 Å². The van der Waals surface area contributed by atoms with Gasteiger partial charge in [0.05, 0.1) is 8.49 Å². The Labute approximate surface area is 113 Å². The number of benzene rings is 1. The lowest BCUT2D eigenvalue weighted by Gasteiger charge is -2.18. The van der Waals surface area contributed by atoms with E-state index >= 15 is 0 Å². The smallest absolute Gasteiger partial charge is 0.293 e. The highest BCUT2D eigenvalue weighted by Gasteiger charge is 2.19. The molecule has 1 rings (SSSR count). The lowest BCUT2D eigenvalue weighted by molar-refractivity contribution is -0.384. The fourth-order valence-corrected chi connectivity index (χ4v) is 1.67. The summed E-state index contributed by atoms with van der Waals surface area (Å²) < 4.78 is 13.7. The summed E-state index contributed by atoms with van der Waals surface area (Å²) in [5.41, 5.74) is 0.136. The first-order valence-electron chi connectivity index (χ1n) is 5.23. The van der Waals surface area contributed by atoms with Crippen LogP contribution in [-0.2, 0) is 0 Å². The topological polar surface area (TPSA) is 55.2 Å². The Morgan fingerprint density at radius 3 is 2.47 bits per heavy atom. The molecule has 0 fully saturated rings. The van der Waals surface area contributed by atoms with Gasteiger partial charge in [-0.15, -0.1) is 0 Å². The zero-order valence-electron chi connectivity index (χ0n) is 9.83. The Balaban J connectivity index is 3.13. The molecular formula is C11H14FIN2O2. The average Bonchev–Trinajstić information content (AvgIpc) is 2.22. The van der Waals surface area contributed by atoms with Gasteiger partial charge >= 0.3 is 0 Å². The number of hydrogen-bond acceptors (Lipinski definition) is 3. The molecule has 17 heavy (non-hydrogen) atoms. The molecule has 1 aromatic rings. The van der Waals surface area contributed by atoms with Crippen LogP contribution < -0.4 is 5.32 Å². The van der Waals surface area contributed by atoms with E-state index in [9.17, 15) is 14.5 Å². The Hall–Kier alpha value is -0.920. The van der Waals surface area contributed by atoms with Crippen molar-refractivity contribution in [2.24, 2.45) is 5.92 Å². The molecule has 4 nitrogen and oxygen atoms in total. The van der Waals surface area contributed by atoms with E-state index in [1.54, 1.807) is 22.6 Å². The van der Waals surface area contributed by atoms with Gasteiger partial charge in [-0.25, -0.2) is 4.39 Å². The van der Waals surface area contributed by atoms with Gasteiger partial charge in [0.1, 0.15) is 11.5 Å². The highest BCUT2D eigenvalue weighted by Crippen LogP contribution is 2.29. The molecule has 1 unspecified atom stereocenters. The molecule has 0 saturated carbocycles. The minimum Gasteiger partial charge on any atom is -0.377 e. The molecule has 94 valence electrons. The summed E-state index contributed by atoms with van der Waals surface area (Å²) in [5, 5.41) is 13.9. The summed E-state index contributed by atoms with van der Waals surface area (Å²) >= 11 is 1.74. The maximum Gasteiger partial charge on any atom is 0.293 e. The summed E-state index contributed by atoms with van der Waals surface area (Å²) in [6.45, 7) is 5.89. The minimum absolute atomic E-state index is 0.0353. The van der Waals surface area contributed by atoms with Gasteiger partial charge in [0.25, 0.3) is 5.69 Å². The number of hydrogen-bond donors (Lipinski definition) is 1. The van der Waals surface area contributed by atoms with Gasteiger partial charge < -0.3 is 5.32 Å². The maximum atomic E-state index is 13.4. The first-order valence-corrected chi connectivity index (χ1v) is 6.30. The lowest BCUT2D eigenvalue weighted by atomic mass is 10.1. The van der Waals surface area contributed by atoms with Crippen molar-refractivity contribution < 1.29 is 9.31 Å². The number of halogens is 2. The molecule has 0 heterocycles. The normalized spacial score (nSPS) is 12.6. The van der Waals surface area contributed by atoms with Crippen molar-refractivity contribution in [2.45, 2.75) is 26.8 Å². The molecule has 0 aliphatic carbocycles. The van der Waals surface area contributed by atoms with Gasteiger partial charge in [-0.1, -0.05) is 13.8 Å². The standard InChI is InChI=1S/C11H14FIN2O2/c1-6(2)7(3)14-10-4-8(12)9(13)5-11(10)15(16)17/h4-7,14H,1-3H3. The number of anilines is 1. The third-order valence-electron chi connectivity index (χ3n) is 2.62. The van der Waals surface area contributed by atoms with Crippen molar-refractivity contribution >= 4 is 34.0 Å². The van der Waals surface area contributed by atoms with Crippen LogP contribution in [0.25, 0.3) is 0 Å². The van der Waals surface area contributed by atoms with Crippen molar-refractivity contribution in [3.8, 4) is 0 Å². The molecule has 0 aromatic heterocycles. The molecule has 0 aliphatic heterocycles. The second-order valence-corrected chi connectivity index (χ2v) is 5.38. The number of nitrogens with one attached hydrogen (secondary N) is 1. The van der Waals surface area contributed by atoms with E-state index in [1.807, 2.05) is 20.8 Å². The van der Waals surface area contributed by atoms with E-state index in [-0.39, 0.29) is 21.0 Å². The van der Waals surface area contributed by atoms with Gasteiger partial charge in [-0.05, 0) is 35.4 Å². The Bertz CT molecular complexity index is 438. The van der Waals surface area contributed by atoms with Crippen LogP contribution in [0.5, 0.6) is 0 Å². The fraction of sp³-hybridized carbons (Fsp3) is 0.455. The number of nitro groups is 1. The highest BCUT2D eigenvalue weighted by molar-refractivity contribution is 14.1. The summed E-state index contributed by atoms with van der Waals surface area (Å²) in [7, 11) is 0. The monoisotopic (exact) mass is 352 g/mol. The summed E-state index contributed by atoms with van der Waals surface area (Å²) in [6.07, 6.45) is 0. The van der Waals surface area contributed by atoms with Crippen LogP contribution in [0.4, 0.5) is 15.8 Å². The van der Waals surface area contributed by atoms with E-state index in [4.69, 9.17) is 0 Å². The molecule has 0 bridgehead atoms. The predicted molar refractivity (Wildman–Crippen MR) is 73.7 cm³/mol. The summed E-state index contributed by atoms with van der Waals surface area (Å²) in [5.74, 6) is -0.147. The molecular weight excluding hydrogens is 338 g/mol. The fourth-order valence-electron chi connectivity index (χ4n) is 1.21. The van der Waals surface area contributed by atoms with Gasteiger partial charge in [0.15, 0.2) is 0 Å². The Kier molecular flexibility index (Phi) is 4.67. The van der Waals surface area contributed by atoms with Crippen molar-refractivity contribution in [1.29, 1.82) is 0 Å². The van der Waals surface area contributed by atoms with E-state index < -0.39 is 10.7 Å². The van der Waals surface area contributed by atoms with Crippen molar-refractivity contribution in [2.75, 3.05) is 5.32 Å². The van der Waals surface area contributed by atoms with E-state index in [2.05, 4.69) is 5.32 Å². The van der Waals surface area contributed by atoms with Gasteiger partial charge in [0.2, 0.25) is 0 Å². The average molecular weight is 352 g/mol. The van der Waals surface area contributed by atoms with Crippen LogP contribution in [0, 0.1) is 25.4 Å². The number of rotatable bonds is 4. The third-order valence-corrected chi connectivity index (χ3v) is 3.45. The Morgan fingerprint density at radius 1 is 1.41 bits per heavy atom. The zero-order valence-corrected chi connectivity index (χ0v) is 12.0. The van der Waals surface area contributed by atoms with Gasteiger partial charge in [-0.2, -0.15) is 0 Å². The first-order chi connectivity index (χ1) is 7.82. The third kappa shape index (κ3) is 3.52. The molecule has 0 aliphatic rings. The first kappa shape index (κ1) is 14.1. The van der Waals surface area contributed by atoms with Crippen LogP contribution in [0.15, 0.2) is 12.1 Å². The molecule has 1 atom stereocenters. The van der Waals surface area contributed by atoms with E-state index in [0.29, 0.717) is 5.92 Å². The van der Waals surface area contributed by atoms with Crippen molar-refractivity contribution in [3.63, 3.8) is 0 Å². The quantitative estimate of drug-likeness (QED) is 0.510. The summed E-state index contributed by atoms with van der Waals surface area (Å²) in [4.78, 5) is 10.4. The van der Waals surface area contributed by atoms with Crippen LogP contribution >= 0.6 is 22.6 Å². The van der Waals surface area contributed by atoms with E-state index in [1.165, 1.54) is 12.1 Å². The largest absolute Gasteiger partial charge is 0.377 e. The van der Waals surface area contributed by atoms with Crippen LogP contribution in [0.1, 0.15) is 20.8 Å². The molecule has 0 saturated heterocycles. The van der Waals surface area contributed by atoms with Gasteiger partial charge in [0, 0.05) is 18.2 Å². The van der Waals surface area contributed by atoms with Gasteiger partial charge in [-0.3, -0.25) is 10.1 Å². The number of nitro benzene ring substituents is 1.